The van der Waals surface area contributed by atoms with Crippen LogP contribution < -0.4 is 0 Å². The van der Waals surface area contributed by atoms with E-state index in [0.717, 1.165) is 24.3 Å². The van der Waals surface area contributed by atoms with Gasteiger partial charge in [0.2, 0.25) is 0 Å². The Hall–Kier alpha value is -2.11. The zero-order valence-corrected chi connectivity index (χ0v) is 12.5. The van der Waals surface area contributed by atoms with Gasteiger partial charge in [0.05, 0.1) is 18.0 Å². The molecule has 0 spiro atoms. The van der Waals surface area contributed by atoms with Crippen molar-refractivity contribution in [2.24, 2.45) is 0 Å². The zero-order chi connectivity index (χ0) is 14.7. The third-order valence-electron chi connectivity index (χ3n) is 3.46. The summed E-state index contributed by atoms with van der Waals surface area (Å²) in [4.78, 5) is 14.0. The van der Waals surface area contributed by atoms with Crippen LogP contribution in [0, 0.1) is 6.92 Å². The van der Waals surface area contributed by atoms with Gasteiger partial charge in [-0.25, -0.2) is 0 Å². The summed E-state index contributed by atoms with van der Waals surface area (Å²) in [6.07, 6.45) is 5.23. The van der Waals surface area contributed by atoms with Crippen LogP contribution in [0.15, 0.2) is 18.6 Å². The van der Waals surface area contributed by atoms with Gasteiger partial charge in [0, 0.05) is 44.1 Å². The van der Waals surface area contributed by atoms with E-state index in [4.69, 9.17) is 0 Å². The topological polar surface area (TPSA) is 56.0 Å². The van der Waals surface area contributed by atoms with Crippen molar-refractivity contribution in [2.45, 2.75) is 40.4 Å². The van der Waals surface area contributed by atoms with Gasteiger partial charge in [0.1, 0.15) is 0 Å². The Labute approximate surface area is 119 Å². The SMILES string of the molecule is CCn1cc(C(=O)N(C)Cc2cnn(CC)c2C)cn1. The average Bonchev–Trinajstić information content (AvgIpc) is 3.05. The molecule has 6 nitrogen and oxygen atoms in total. The maximum Gasteiger partial charge on any atom is 0.257 e. The van der Waals surface area contributed by atoms with Crippen LogP contribution in [0.4, 0.5) is 0 Å². The molecule has 0 saturated heterocycles. The molecule has 20 heavy (non-hydrogen) atoms. The monoisotopic (exact) mass is 275 g/mol. The van der Waals surface area contributed by atoms with E-state index in [1.807, 2.05) is 24.7 Å². The molecule has 0 aliphatic carbocycles. The Bertz CT molecular complexity index is 598. The summed E-state index contributed by atoms with van der Waals surface area (Å²) in [5.74, 6) is -0.0200. The van der Waals surface area contributed by atoms with E-state index < -0.39 is 0 Å². The number of aromatic nitrogens is 4. The molecule has 2 aromatic rings. The molecule has 0 N–H and O–H groups in total. The van der Waals surface area contributed by atoms with Gasteiger partial charge in [0.25, 0.3) is 5.91 Å². The molecule has 0 fully saturated rings. The van der Waals surface area contributed by atoms with Gasteiger partial charge in [-0.15, -0.1) is 0 Å². The summed E-state index contributed by atoms with van der Waals surface area (Å²) in [6, 6.07) is 0. The Balaban J connectivity index is 2.09. The lowest BCUT2D eigenvalue weighted by Crippen LogP contribution is -2.26. The molecule has 2 aromatic heterocycles. The number of hydrogen-bond acceptors (Lipinski definition) is 3. The van der Waals surface area contributed by atoms with E-state index in [1.54, 1.807) is 29.0 Å². The molecule has 0 aromatic carbocycles. The van der Waals surface area contributed by atoms with Gasteiger partial charge >= 0.3 is 0 Å². The Morgan fingerprint density at radius 3 is 2.55 bits per heavy atom. The van der Waals surface area contributed by atoms with Crippen molar-refractivity contribution in [3.63, 3.8) is 0 Å². The number of carbonyl (C=O) groups is 1. The molecule has 108 valence electrons. The van der Waals surface area contributed by atoms with Gasteiger partial charge in [-0.2, -0.15) is 10.2 Å². The second-order valence-electron chi connectivity index (χ2n) is 4.82. The first-order chi connectivity index (χ1) is 9.56. The highest BCUT2D eigenvalue weighted by molar-refractivity contribution is 5.93. The summed E-state index contributed by atoms with van der Waals surface area (Å²) in [5, 5.41) is 8.43. The van der Waals surface area contributed by atoms with Crippen LogP contribution in [0.3, 0.4) is 0 Å². The van der Waals surface area contributed by atoms with Crippen LogP contribution >= 0.6 is 0 Å². The van der Waals surface area contributed by atoms with Gasteiger partial charge in [-0.3, -0.25) is 14.2 Å². The minimum Gasteiger partial charge on any atom is -0.337 e. The number of carbonyl (C=O) groups excluding carboxylic acids is 1. The van der Waals surface area contributed by atoms with Crippen molar-refractivity contribution in [3.05, 3.63) is 35.4 Å². The molecule has 0 aliphatic rings. The number of nitrogens with zero attached hydrogens (tertiary/aromatic N) is 5. The van der Waals surface area contributed by atoms with E-state index in [-0.39, 0.29) is 5.91 Å². The van der Waals surface area contributed by atoms with Crippen molar-refractivity contribution in [1.82, 2.24) is 24.5 Å². The Morgan fingerprint density at radius 1 is 1.25 bits per heavy atom. The maximum atomic E-state index is 12.3. The summed E-state index contributed by atoms with van der Waals surface area (Å²) in [7, 11) is 1.80. The Kier molecular flexibility index (Phi) is 4.22. The van der Waals surface area contributed by atoms with E-state index in [9.17, 15) is 4.79 Å². The second-order valence-corrected chi connectivity index (χ2v) is 4.82. The van der Waals surface area contributed by atoms with Crippen molar-refractivity contribution < 1.29 is 4.79 Å². The molecule has 0 unspecified atom stereocenters. The van der Waals surface area contributed by atoms with Crippen LogP contribution in [0.1, 0.15) is 35.5 Å². The van der Waals surface area contributed by atoms with Crippen molar-refractivity contribution in [3.8, 4) is 0 Å². The third-order valence-corrected chi connectivity index (χ3v) is 3.46. The van der Waals surface area contributed by atoms with Crippen molar-refractivity contribution in [2.75, 3.05) is 7.05 Å². The fourth-order valence-electron chi connectivity index (χ4n) is 2.15. The molecule has 2 rings (SSSR count). The maximum absolute atomic E-state index is 12.3. The molecule has 0 radical (unpaired) electrons. The molecule has 1 amide bonds. The standard InChI is InChI=1S/C14H21N5O/c1-5-18-10-13(8-15-18)14(20)17(4)9-12-7-16-19(6-2)11(12)3/h7-8,10H,5-6,9H2,1-4H3. The molecular formula is C14H21N5O. The molecule has 0 atom stereocenters. The van der Waals surface area contributed by atoms with E-state index in [1.165, 1.54) is 0 Å². The molecule has 0 bridgehead atoms. The highest BCUT2D eigenvalue weighted by Gasteiger charge is 2.16. The normalized spacial score (nSPS) is 10.8. The second kappa shape index (κ2) is 5.90. The van der Waals surface area contributed by atoms with Gasteiger partial charge in [-0.05, 0) is 20.8 Å². The number of amides is 1. The number of hydrogen-bond donors (Lipinski definition) is 0. The first-order valence-corrected chi connectivity index (χ1v) is 6.86. The quantitative estimate of drug-likeness (QED) is 0.834. The van der Waals surface area contributed by atoms with Crippen molar-refractivity contribution >= 4 is 5.91 Å². The van der Waals surface area contributed by atoms with Crippen LogP contribution in [0.25, 0.3) is 0 Å². The number of aryl methyl sites for hydroxylation is 2. The molecule has 0 aliphatic heterocycles. The zero-order valence-electron chi connectivity index (χ0n) is 12.5. The minimum absolute atomic E-state index is 0.0200. The summed E-state index contributed by atoms with van der Waals surface area (Å²) >= 11 is 0. The van der Waals surface area contributed by atoms with Crippen LogP contribution in [-0.4, -0.2) is 37.4 Å². The van der Waals surface area contributed by atoms with E-state index in [2.05, 4.69) is 17.1 Å². The third kappa shape index (κ3) is 2.74. The van der Waals surface area contributed by atoms with Crippen molar-refractivity contribution in [1.29, 1.82) is 0 Å². The molecule has 2 heterocycles. The van der Waals surface area contributed by atoms with Gasteiger partial charge in [0.15, 0.2) is 0 Å². The lowest BCUT2D eigenvalue weighted by Gasteiger charge is -2.16. The van der Waals surface area contributed by atoms with E-state index >= 15 is 0 Å². The van der Waals surface area contributed by atoms with Gasteiger partial charge < -0.3 is 4.90 Å². The first kappa shape index (κ1) is 14.3. The first-order valence-electron chi connectivity index (χ1n) is 6.86. The van der Waals surface area contributed by atoms with Gasteiger partial charge in [-0.1, -0.05) is 0 Å². The summed E-state index contributed by atoms with van der Waals surface area (Å²) in [6.45, 7) is 8.23. The molecule has 0 saturated carbocycles. The largest absolute Gasteiger partial charge is 0.337 e. The Morgan fingerprint density at radius 2 is 2.00 bits per heavy atom. The smallest absolute Gasteiger partial charge is 0.257 e. The fraction of sp³-hybridized carbons (Fsp3) is 0.500. The van der Waals surface area contributed by atoms with E-state index in [0.29, 0.717) is 12.1 Å². The minimum atomic E-state index is -0.0200. The lowest BCUT2D eigenvalue weighted by molar-refractivity contribution is 0.0785. The van der Waals surface area contributed by atoms with Crippen LogP contribution in [0.2, 0.25) is 0 Å². The summed E-state index contributed by atoms with van der Waals surface area (Å²) < 4.78 is 3.68. The highest BCUT2D eigenvalue weighted by Crippen LogP contribution is 2.12. The average molecular weight is 275 g/mol. The molecule has 6 heteroatoms. The lowest BCUT2D eigenvalue weighted by atomic mass is 10.2. The number of rotatable bonds is 5. The predicted octanol–water partition coefficient (Wildman–Crippen LogP) is 1.70. The summed E-state index contributed by atoms with van der Waals surface area (Å²) in [5.41, 5.74) is 2.80. The fourth-order valence-corrected chi connectivity index (χ4v) is 2.15. The predicted molar refractivity (Wildman–Crippen MR) is 76.3 cm³/mol. The van der Waals surface area contributed by atoms with Crippen LogP contribution in [-0.2, 0) is 19.6 Å². The molecular weight excluding hydrogens is 254 g/mol. The van der Waals surface area contributed by atoms with Crippen LogP contribution in [0.5, 0.6) is 0 Å². The highest BCUT2D eigenvalue weighted by atomic mass is 16.2.